The van der Waals surface area contributed by atoms with E-state index in [1.54, 1.807) is 55.1 Å². The number of nitrogens with zero attached hydrogens (tertiary/aromatic N) is 1. The highest BCUT2D eigenvalue weighted by molar-refractivity contribution is 6.02. The van der Waals surface area contributed by atoms with Gasteiger partial charge in [0.25, 0.3) is 5.91 Å². The number of benzene rings is 3. The number of fused-ring (bicyclic) bond motifs is 1. The van der Waals surface area contributed by atoms with Crippen molar-refractivity contribution in [2.75, 3.05) is 11.6 Å². The Morgan fingerprint density at radius 1 is 1.03 bits per heavy atom. The number of anilines is 1. The van der Waals surface area contributed by atoms with Crippen molar-refractivity contribution in [1.29, 1.82) is 0 Å². The van der Waals surface area contributed by atoms with E-state index in [-0.39, 0.29) is 30.2 Å². The predicted octanol–water partition coefficient (Wildman–Crippen LogP) is 4.83. The summed E-state index contributed by atoms with van der Waals surface area (Å²) in [5.41, 5.74) is 0.0721. The molecule has 0 unspecified atom stereocenters. The Kier molecular flexibility index (Phi) is 5.56. The number of amides is 1. The topological polar surface area (TPSA) is 61.8 Å². The minimum atomic E-state index is -1.04. The van der Waals surface area contributed by atoms with Gasteiger partial charge in [-0.15, -0.1) is 0 Å². The molecule has 0 radical (unpaired) electrons. The third-order valence-corrected chi connectivity index (χ3v) is 5.21. The standard InChI is InChI=1S/C24H21F3N2O3/c1-24(2,31)14-4-3-5-16(8-14)32-17-6-7-22-18(11-17)23(30)28-13-29(22)12-19-20(26)9-15(25)10-21(19)27/h3-11,31H,12-13H2,1-2H3,(H,28,30). The van der Waals surface area contributed by atoms with Gasteiger partial charge in [-0.25, -0.2) is 13.2 Å². The van der Waals surface area contributed by atoms with Gasteiger partial charge in [-0.1, -0.05) is 12.1 Å². The van der Waals surface area contributed by atoms with E-state index < -0.39 is 23.1 Å². The number of rotatable bonds is 5. The average molecular weight is 442 g/mol. The van der Waals surface area contributed by atoms with Crippen molar-refractivity contribution in [3.05, 3.63) is 88.7 Å². The van der Waals surface area contributed by atoms with Crippen LogP contribution >= 0.6 is 0 Å². The third kappa shape index (κ3) is 4.40. The van der Waals surface area contributed by atoms with Crippen LogP contribution in [0.4, 0.5) is 18.9 Å². The highest BCUT2D eigenvalue weighted by Crippen LogP contribution is 2.33. The van der Waals surface area contributed by atoms with Gasteiger partial charge in [0.05, 0.1) is 30.1 Å². The molecule has 8 heteroatoms. The molecule has 166 valence electrons. The number of carbonyl (C=O) groups is 1. The van der Waals surface area contributed by atoms with Crippen LogP contribution in [0.3, 0.4) is 0 Å². The molecule has 1 amide bonds. The maximum atomic E-state index is 14.1. The molecule has 1 heterocycles. The van der Waals surface area contributed by atoms with Crippen molar-refractivity contribution in [2.24, 2.45) is 0 Å². The molecule has 2 N–H and O–H groups in total. The van der Waals surface area contributed by atoms with Crippen LogP contribution < -0.4 is 15.0 Å². The molecule has 0 atom stereocenters. The van der Waals surface area contributed by atoms with Crippen molar-refractivity contribution in [1.82, 2.24) is 5.32 Å². The number of hydrogen-bond acceptors (Lipinski definition) is 4. The molecule has 3 aromatic carbocycles. The number of aliphatic hydroxyl groups is 1. The summed E-state index contributed by atoms with van der Waals surface area (Å²) in [6, 6.07) is 13.0. The number of ether oxygens (including phenoxy) is 1. The quantitative estimate of drug-likeness (QED) is 0.594. The predicted molar refractivity (Wildman–Crippen MR) is 113 cm³/mol. The van der Waals surface area contributed by atoms with Gasteiger partial charge >= 0.3 is 0 Å². The van der Waals surface area contributed by atoms with Crippen LogP contribution in [0, 0.1) is 17.5 Å². The van der Waals surface area contributed by atoms with Crippen molar-refractivity contribution in [3.63, 3.8) is 0 Å². The molecule has 1 aliphatic rings. The smallest absolute Gasteiger partial charge is 0.254 e. The van der Waals surface area contributed by atoms with Crippen LogP contribution in [0.1, 0.15) is 35.3 Å². The van der Waals surface area contributed by atoms with Crippen LogP contribution in [-0.2, 0) is 12.1 Å². The fraction of sp³-hybridized carbons (Fsp3) is 0.208. The second-order valence-corrected chi connectivity index (χ2v) is 8.08. The summed E-state index contributed by atoms with van der Waals surface area (Å²) in [6.07, 6.45) is 0. The van der Waals surface area contributed by atoms with E-state index in [1.807, 2.05) is 0 Å². The van der Waals surface area contributed by atoms with Gasteiger partial charge in [-0.2, -0.15) is 0 Å². The molecule has 4 rings (SSSR count). The first-order valence-corrected chi connectivity index (χ1v) is 9.93. The Balaban J connectivity index is 1.62. The van der Waals surface area contributed by atoms with E-state index in [1.165, 1.54) is 6.07 Å². The van der Waals surface area contributed by atoms with E-state index in [0.717, 1.165) is 0 Å². The summed E-state index contributed by atoms with van der Waals surface area (Å²) in [4.78, 5) is 14.0. The van der Waals surface area contributed by atoms with Gasteiger partial charge in [0.15, 0.2) is 0 Å². The summed E-state index contributed by atoms with van der Waals surface area (Å²) in [7, 11) is 0. The van der Waals surface area contributed by atoms with Crippen LogP contribution in [0.2, 0.25) is 0 Å². The molecule has 0 fully saturated rings. The molecule has 3 aromatic rings. The number of hydrogen-bond donors (Lipinski definition) is 2. The summed E-state index contributed by atoms with van der Waals surface area (Å²) in [5.74, 6) is -2.47. The molecule has 1 aliphatic heterocycles. The van der Waals surface area contributed by atoms with Gasteiger partial charge in [0.1, 0.15) is 29.0 Å². The molecule has 0 saturated heterocycles. The minimum Gasteiger partial charge on any atom is -0.457 e. The van der Waals surface area contributed by atoms with E-state index in [2.05, 4.69) is 5.32 Å². The molecule has 0 aromatic heterocycles. The maximum absolute atomic E-state index is 14.1. The number of halogens is 3. The first kappa shape index (κ1) is 21.7. The molecule has 0 saturated carbocycles. The van der Waals surface area contributed by atoms with Crippen LogP contribution in [-0.4, -0.2) is 17.7 Å². The van der Waals surface area contributed by atoms with Gasteiger partial charge < -0.3 is 20.1 Å². The van der Waals surface area contributed by atoms with Crippen molar-refractivity contribution >= 4 is 11.6 Å². The first-order valence-electron chi connectivity index (χ1n) is 9.93. The Labute approximate surface area is 183 Å². The molecule has 0 spiro atoms. The molecular formula is C24H21F3N2O3. The zero-order valence-corrected chi connectivity index (χ0v) is 17.5. The van der Waals surface area contributed by atoms with Crippen molar-refractivity contribution < 1.29 is 27.8 Å². The van der Waals surface area contributed by atoms with E-state index in [0.29, 0.717) is 34.9 Å². The summed E-state index contributed by atoms with van der Waals surface area (Å²) in [5, 5.41) is 12.8. The molecular weight excluding hydrogens is 421 g/mol. The van der Waals surface area contributed by atoms with Crippen LogP contribution in [0.15, 0.2) is 54.6 Å². The van der Waals surface area contributed by atoms with Crippen molar-refractivity contribution in [2.45, 2.75) is 26.0 Å². The average Bonchev–Trinajstić information content (AvgIpc) is 2.72. The van der Waals surface area contributed by atoms with Gasteiger partial charge in [-0.05, 0) is 49.7 Å². The number of nitrogens with one attached hydrogen (secondary N) is 1. The Hall–Kier alpha value is -3.52. The molecule has 0 bridgehead atoms. The van der Waals surface area contributed by atoms with Gasteiger partial charge in [0.2, 0.25) is 0 Å². The molecule has 0 aliphatic carbocycles. The minimum absolute atomic E-state index is 0.0376. The maximum Gasteiger partial charge on any atom is 0.254 e. The van der Waals surface area contributed by atoms with Gasteiger partial charge in [0, 0.05) is 17.7 Å². The van der Waals surface area contributed by atoms with E-state index in [4.69, 9.17) is 4.74 Å². The molecule has 32 heavy (non-hydrogen) atoms. The summed E-state index contributed by atoms with van der Waals surface area (Å²) in [6.45, 7) is 3.17. The zero-order valence-electron chi connectivity index (χ0n) is 17.5. The molecule has 5 nitrogen and oxygen atoms in total. The fourth-order valence-electron chi connectivity index (χ4n) is 3.52. The van der Waals surface area contributed by atoms with Crippen LogP contribution in [0.25, 0.3) is 0 Å². The SMILES string of the molecule is CC(C)(O)c1cccc(Oc2ccc3c(c2)C(=O)NCN3Cc2c(F)cc(F)cc2F)c1. The van der Waals surface area contributed by atoms with E-state index >= 15 is 0 Å². The lowest BCUT2D eigenvalue weighted by molar-refractivity contribution is 0.0783. The lowest BCUT2D eigenvalue weighted by Crippen LogP contribution is -2.43. The Morgan fingerprint density at radius 3 is 2.41 bits per heavy atom. The third-order valence-electron chi connectivity index (χ3n) is 5.21. The van der Waals surface area contributed by atoms with Crippen LogP contribution in [0.5, 0.6) is 11.5 Å². The highest BCUT2D eigenvalue weighted by Gasteiger charge is 2.25. The van der Waals surface area contributed by atoms with Gasteiger partial charge in [-0.3, -0.25) is 4.79 Å². The second-order valence-electron chi connectivity index (χ2n) is 8.08. The Bertz CT molecular complexity index is 1170. The van der Waals surface area contributed by atoms with Crippen molar-refractivity contribution in [3.8, 4) is 11.5 Å². The summed E-state index contributed by atoms with van der Waals surface area (Å²) < 4.78 is 47.3. The lowest BCUT2D eigenvalue weighted by Gasteiger charge is -2.31. The first-order chi connectivity index (χ1) is 15.1. The highest BCUT2D eigenvalue weighted by atomic mass is 19.1. The monoisotopic (exact) mass is 442 g/mol. The normalized spacial score (nSPS) is 13.6. The number of carbonyl (C=O) groups excluding carboxylic acids is 1. The van der Waals surface area contributed by atoms with E-state index in [9.17, 15) is 23.1 Å². The summed E-state index contributed by atoms with van der Waals surface area (Å²) >= 11 is 0. The Morgan fingerprint density at radius 2 is 1.72 bits per heavy atom. The second kappa shape index (κ2) is 8.20. The fourth-order valence-corrected chi connectivity index (χ4v) is 3.52. The zero-order chi connectivity index (χ0) is 23.0. The largest absolute Gasteiger partial charge is 0.457 e. The lowest BCUT2D eigenvalue weighted by atomic mass is 9.98.